The Morgan fingerprint density at radius 2 is 1.96 bits per heavy atom. The third-order valence-corrected chi connectivity index (χ3v) is 3.78. The van der Waals surface area contributed by atoms with Gasteiger partial charge in [-0.15, -0.1) is 24.0 Å². The van der Waals surface area contributed by atoms with Crippen LogP contribution in [0.25, 0.3) is 0 Å². The normalized spacial score (nSPS) is 10.8. The van der Waals surface area contributed by atoms with Gasteiger partial charge in [-0.05, 0) is 30.5 Å². The molecule has 1 rings (SSSR count). The highest BCUT2D eigenvalue weighted by atomic mass is 127. The molecule has 8 heteroatoms. The number of nitrogens with zero attached hydrogens (tertiary/aromatic N) is 2. The highest BCUT2D eigenvalue weighted by Gasteiger charge is 2.05. The molecule has 0 bridgehead atoms. The quantitative estimate of drug-likeness (QED) is 0.254. The molecule has 5 nitrogen and oxygen atoms in total. The molecular weight excluding hydrogens is 490 g/mol. The third kappa shape index (κ3) is 8.81. The lowest BCUT2D eigenvalue weighted by Crippen LogP contribution is -2.39. The second-order valence-corrected chi connectivity index (χ2v) is 6.22. The third-order valence-electron chi connectivity index (χ3n) is 3.28. The molecule has 1 aromatic carbocycles. The van der Waals surface area contributed by atoms with E-state index >= 15 is 0 Å². The maximum Gasteiger partial charge on any atom is 0.223 e. The van der Waals surface area contributed by atoms with E-state index in [1.807, 2.05) is 6.07 Å². The molecule has 0 heterocycles. The zero-order chi connectivity index (χ0) is 17.2. The van der Waals surface area contributed by atoms with Crippen LogP contribution < -0.4 is 10.6 Å². The fraction of sp³-hybridized carbons (Fsp3) is 0.500. The lowest BCUT2D eigenvalue weighted by Gasteiger charge is -2.13. The SMILES string of the molecule is CN=C(NCCCc1ccc(Br)cc1F)NCCC(=O)N(C)C.I. The molecule has 0 aliphatic rings. The van der Waals surface area contributed by atoms with E-state index in [1.165, 1.54) is 6.07 Å². The van der Waals surface area contributed by atoms with Gasteiger partial charge in [0.15, 0.2) is 5.96 Å². The standard InChI is InChI=1S/C16H24BrFN4O.HI/c1-19-16(21-10-8-15(23)22(2)3)20-9-4-5-12-6-7-13(17)11-14(12)18;/h6-7,11H,4-5,8-10H2,1-3H3,(H2,19,20,21);1H. The lowest BCUT2D eigenvalue weighted by atomic mass is 10.1. The molecule has 0 saturated heterocycles. The van der Waals surface area contributed by atoms with Gasteiger partial charge in [0.1, 0.15) is 5.82 Å². The summed E-state index contributed by atoms with van der Waals surface area (Å²) in [4.78, 5) is 17.1. The minimum Gasteiger partial charge on any atom is -0.356 e. The van der Waals surface area contributed by atoms with Crippen molar-refractivity contribution >= 4 is 51.8 Å². The van der Waals surface area contributed by atoms with Crippen molar-refractivity contribution < 1.29 is 9.18 Å². The predicted molar refractivity (Wildman–Crippen MR) is 111 cm³/mol. The molecule has 1 aromatic rings. The van der Waals surface area contributed by atoms with Gasteiger partial charge in [0.05, 0.1) is 0 Å². The number of hydrogen-bond acceptors (Lipinski definition) is 2. The van der Waals surface area contributed by atoms with Gasteiger partial charge in [-0.2, -0.15) is 0 Å². The van der Waals surface area contributed by atoms with E-state index in [9.17, 15) is 9.18 Å². The largest absolute Gasteiger partial charge is 0.356 e. The van der Waals surface area contributed by atoms with E-state index in [0.717, 1.165) is 10.9 Å². The predicted octanol–water partition coefficient (Wildman–Crippen LogP) is 2.78. The van der Waals surface area contributed by atoms with E-state index in [2.05, 4.69) is 31.6 Å². The molecule has 0 aliphatic heterocycles. The summed E-state index contributed by atoms with van der Waals surface area (Å²) in [7, 11) is 5.14. The number of carbonyl (C=O) groups excluding carboxylic acids is 1. The Labute approximate surface area is 168 Å². The lowest BCUT2D eigenvalue weighted by molar-refractivity contribution is -0.128. The van der Waals surface area contributed by atoms with Gasteiger partial charge in [-0.3, -0.25) is 9.79 Å². The highest BCUT2D eigenvalue weighted by Crippen LogP contribution is 2.16. The van der Waals surface area contributed by atoms with Crippen LogP contribution in [0.4, 0.5) is 4.39 Å². The average Bonchev–Trinajstić information content (AvgIpc) is 2.51. The van der Waals surface area contributed by atoms with E-state index in [1.54, 1.807) is 32.1 Å². The van der Waals surface area contributed by atoms with Crippen LogP contribution in [0.2, 0.25) is 0 Å². The van der Waals surface area contributed by atoms with Gasteiger partial charge in [-0.25, -0.2) is 4.39 Å². The zero-order valence-corrected chi connectivity index (χ0v) is 18.2. The molecule has 1 amide bonds. The first-order valence-corrected chi connectivity index (χ1v) is 8.32. The Hall–Kier alpha value is -0.900. The Morgan fingerprint density at radius 3 is 2.54 bits per heavy atom. The molecule has 0 aliphatic carbocycles. The van der Waals surface area contributed by atoms with Gasteiger partial charge in [0.2, 0.25) is 5.91 Å². The number of aryl methyl sites for hydroxylation is 1. The van der Waals surface area contributed by atoms with Crippen molar-refractivity contribution in [3.63, 3.8) is 0 Å². The van der Waals surface area contributed by atoms with Crippen LogP contribution in [0.1, 0.15) is 18.4 Å². The van der Waals surface area contributed by atoms with Crippen molar-refractivity contribution in [2.75, 3.05) is 34.2 Å². The van der Waals surface area contributed by atoms with Crippen LogP contribution in [0.5, 0.6) is 0 Å². The molecule has 0 spiro atoms. The molecular formula is C16H25BrFIN4O. The maximum absolute atomic E-state index is 13.7. The molecule has 0 unspecified atom stereocenters. The fourth-order valence-corrected chi connectivity index (χ4v) is 2.28. The number of halogens is 3. The molecule has 0 radical (unpaired) electrons. The monoisotopic (exact) mass is 514 g/mol. The number of nitrogens with one attached hydrogen (secondary N) is 2. The summed E-state index contributed by atoms with van der Waals surface area (Å²) in [6.07, 6.45) is 1.86. The van der Waals surface area contributed by atoms with E-state index < -0.39 is 0 Å². The van der Waals surface area contributed by atoms with E-state index in [4.69, 9.17) is 0 Å². The van der Waals surface area contributed by atoms with Crippen molar-refractivity contribution in [2.45, 2.75) is 19.3 Å². The zero-order valence-electron chi connectivity index (χ0n) is 14.2. The smallest absolute Gasteiger partial charge is 0.223 e. The maximum atomic E-state index is 13.7. The van der Waals surface area contributed by atoms with E-state index in [-0.39, 0.29) is 35.7 Å². The van der Waals surface area contributed by atoms with Crippen LogP contribution in [0.15, 0.2) is 27.7 Å². The fourth-order valence-electron chi connectivity index (χ4n) is 1.94. The first-order chi connectivity index (χ1) is 10.9. The first kappa shape index (κ1) is 23.1. The number of rotatable bonds is 7. The molecule has 0 saturated carbocycles. The number of amides is 1. The van der Waals surface area contributed by atoms with Crippen LogP contribution in [-0.4, -0.2) is 51.0 Å². The minimum atomic E-state index is -0.191. The van der Waals surface area contributed by atoms with Gasteiger partial charge < -0.3 is 15.5 Å². The number of aliphatic imine (C=N–C) groups is 1. The summed E-state index contributed by atoms with van der Waals surface area (Å²) >= 11 is 3.25. The second kappa shape index (κ2) is 12.5. The van der Waals surface area contributed by atoms with Gasteiger partial charge in [0, 0.05) is 45.1 Å². The summed E-state index contributed by atoms with van der Waals surface area (Å²) in [5.41, 5.74) is 0.703. The number of guanidine groups is 1. The average molecular weight is 515 g/mol. The second-order valence-electron chi connectivity index (χ2n) is 5.30. The number of hydrogen-bond donors (Lipinski definition) is 2. The molecule has 0 atom stereocenters. The van der Waals surface area contributed by atoms with E-state index in [0.29, 0.717) is 37.5 Å². The topological polar surface area (TPSA) is 56.7 Å². The Morgan fingerprint density at radius 1 is 1.29 bits per heavy atom. The summed E-state index contributed by atoms with van der Waals surface area (Å²) in [5, 5.41) is 6.24. The summed E-state index contributed by atoms with van der Waals surface area (Å²) < 4.78 is 14.4. The molecule has 0 fully saturated rings. The van der Waals surface area contributed by atoms with Gasteiger partial charge >= 0.3 is 0 Å². The van der Waals surface area contributed by atoms with Gasteiger partial charge in [0.25, 0.3) is 0 Å². The van der Waals surface area contributed by atoms with Crippen LogP contribution in [-0.2, 0) is 11.2 Å². The van der Waals surface area contributed by atoms with Crippen molar-refractivity contribution in [1.29, 1.82) is 0 Å². The Balaban J connectivity index is 0.00000529. The van der Waals surface area contributed by atoms with Crippen molar-refractivity contribution in [3.05, 3.63) is 34.1 Å². The summed E-state index contributed by atoms with van der Waals surface area (Å²) in [5.74, 6) is 0.524. The molecule has 2 N–H and O–H groups in total. The van der Waals surface area contributed by atoms with Crippen molar-refractivity contribution in [3.8, 4) is 0 Å². The molecule has 0 aromatic heterocycles. The molecule has 136 valence electrons. The van der Waals surface area contributed by atoms with Crippen molar-refractivity contribution in [1.82, 2.24) is 15.5 Å². The Kier molecular flexibility index (Phi) is 12.0. The minimum absolute atomic E-state index is 0. The molecule has 24 heavy (non-hydrogen) atoms. The van der Waals surface area contributed by atoms with Gasteiger partial charge in [-0.1, -0.05) is 22.0 Å². The van der Waals surface area contributed by atoms with Crippen LogP contribution >= 0.6 is 39.9 Å². The van der Waals surface area contributed by atoms with Crippen LogP contribution in [0, 0.1) is 5.82 Å². The summed E-state index contributed by atoms with van der Waals surface area (Å²) in [6, 6.07) is 5.11. The number of benzene rings is 1. The highest BCUT2D eigenvalue weighted by molar-refractivity contribution is 14.0. The summed E-state index contributed by atoms with van der Waals surface area (Å²) in [6.45, 7) is 1.20. The van der Waals surface area contributed by atoms with Crippen LogP contribution in [0.3, 0.4) is 0 Å². The van der Waals surface area contributed by atoms with Crippen molar-refractivity contribution in [2.24, 2.45) is 4.99 Å². The first-order valence-electron chi connectivity index (χ1n) is 7.52. The number of carbonyl (C=O) groups is 1. The Bertz CT molecular complexity index is 555.